The van der Waals surface area contributed by atoms with Gasteiger partial charge in [-0.3, -0.25) is 4.79 Å². The van der Waals surface area contributed by atoms with Crippen LogP contribution in [-0.4, -0.2) is 16.1 Å². The van der Waals surface area contributed by atoms with Gasteiger partial charge in [-0.25, -0.2) is 4.98 Å². The summed E-state index contributed by atoms with van der Waals surface area (Å²) < 4.78 is 0. The van der Waals surface area contributed by atoms with Gasteiger partial charge in [-0.05, 0) is 23.4 Å². The van der Waals surface area contributed by atoms with Gasteiger partial charge in [0.2, 0.25) is 0 Å². The van der Waals surface area contributed by atoms with Gasteiger partial charge in [0, 0.05) is 21.5 Å². The van der Waals surface area contributed by atoms with E-state index in [1.807, 2.05) is 36.4 Å². The lowest BCUT2D eigenvalue weighted by molar-refractivity contribution is -0.136. The van der Waals surface area contributed by atoms with E-state index in [0.29, 0.717) is 5.13 Å². The molecule has 0 aliphatic rings. The Balaban J connectivity index is 1.73. The maximum atomic E-state index is 11.4. The smallest absolute Gasteiger partial charge is 0.308 e. The molecule has 4 rings (SSSR count). The summed E-state index contributed by atoms with van der Waals surface area (Å²) in [5, 5.41) is 15.7. The van der Waals surface area contributed by atoms with E-state index in [0.717, 1.165) is 39.0 Å². The van der Waals surface area contributed by atoms with Crippen LogP contribution in [0.4, 0.5) is 10.8 Å². The van der Waals surface area contributed by atoms with Crippen molar-refractivity contribution in [2.75, 3.05) is 5.32 Å². The third-order valence-corrected chi connectivity index (χ3v) is 5.65. The fraction of sp³-hybridized carbons (Fsp3) is 0.130. The SMILES string of the molecule is CCc1ccc(-c2nc(Nc3cccc4ccccc34)sc2CC(=O)O)cc1. The van der Waals surface area contributed by atoms with Crippen molar-refractivity contribution >= 4 is 38.9 Å². The Bertz CT molecular complexity index is 1130. The standard InChI is InChI=1S/C23H20N2O2S/c1-2-15-10-12-17(13-11-15)22-20(14-21(26)27)28-23(25-22)24-19-9-5-7-16-6-3-4-8-18(16)19/h3-13H,2,14H2,1H3,(H,24,25)(H,26,27). The van der Waals surface area contributed by atoms with Gasteiger partial charge in [0.05, 0.1) is 12.1 Å². The number of thiazole rings is 1. The van der Waals surface area contributed by atoms with Crippen LogP contribution in [0.25, 0.3) is 22.0 Å². The largest absolute Gasteiger partial charge is 0.481 e. The number of hydrogen-bond acceptors (Lipinski definition) is 4. The lowest BCUT2D eigenvalue weighted by Crippen LogP contribution is -1.99. The third kappa shape index (κ3) is 3.75. The number of rotatable bonds is 6. The van der Waals surface area contributed by atoms with Crippen LogP contribution < -0.4 is 5.32 Å². The maximum Gasteiger partial charge on any atom is 0.308 e. The fourth-order valence-corrected chi connectivity index (χ4v) is 4.22. The molecule has 0 atom stereocenters. The molecule has 4 aromatic rings. The number of fused-ring (bicyclic) bond motifs is 1. The van der Waals surface area contributed by atoms with Gasteiger partial charge >= 0.3 is 5.97 Å². The second kappa shape index (κ2) is 7.82. The lowest BCUT2D eigenvalue weighted by atomic mass is 10.1. The summed E-state index contributed by atoms with van der Waals surface area (Å²) in [5.41, 5.74) is 3.88. The topological polar surface area (TPSA) is 62.2 Å². The van der Waals surface area contributed by atoms with E-state index in [1.165, 1.54) is 16.9 Å². The highest BCUT2D eigenvalue weighted by Crippen LogP contribution is 2.35. The van der Waals surface area contributed by atoms with Crippen LogP contribution in [0, 0.1) is 0 Å². The normalized spacial score (nSPS) is 10.9. The summed E-state index contributed by atoms with van der Waals surface area (Å²) in [6, 6.07) is 22.4. The Morgan fingerprint density at radius 1 is 1.04 bits per heavy atom. The van der Waals surface area contributed by atoms with Crippen LogP contribution in [0.15, 0.2) is 66.7 Å². The van der Waals surface area contributed by atoms with Crippen LogP contribution in [0.1, 0.15) is 17.4 Å². The zero-order chi connectivity index (χ0) is 19.5. The molecule has 4 nitrogen and oxygen atoms in total. The van der Waals surface area contributed by atoms with Crippen LogP contribution in [0.2, 0.25) is 0 Å². The molecule has 3 aromatic carbocycles. The number of aryl methyl sites for hydroxylation is 1. The molecule has 1 aromatic heterocycles. The zero-order valence-corrected chi connectivity index (χ0v) is 16.3. The van der Waals surface area contributed by atoms with Crippen molar-refractivity contribution in [3.63, 3.8) is 0 Å². The van der Waals surface area contributed by atoms with Crippen molar-refractivity contribution in [1.82, 2.24) is 4.98 Å². The molecule has 28 heavy (non-hydrogen) atoms. The van der Waals surface area contributed by atoms with Gasteiger partial charge in [-0.2, -0.15) is 0 Å². The molecule has 0 radical (unpaired) electrons. The predicted octanol–water partition coefficient (Wildman–Crippen LogP) is 5.90. The van der Waals surface area contributed by atoms with E-state index < -0.39 is 5.97 Å². The van der Waals surface area contributed by atoms with Gasteiger partial charge in [0.25, 0.3) is 0 Å². The van der Waals surface area contributed by atoms with E-state index in [-0.39, 0.29) is 6.42 Å². The molecule has 1 heterocycles. The number of carboxylic acid groups (broad SMARTS) is 1. The van der Waals surface area contributed by atoms with Crippen molar-refractivity contribution in [3.05, 3.63) is 77.2 Å². The number of carboxylic acids is 1. The van der Waals surface area contributed by atoms with Crippen LogP contribution in [0.5, 0.6) is 0 Å². The summed E-state index contributed by atoms with van der Waals surface area (Å²) in [4.78, 5) is 16.8. The average Bonchev–Trinajstić information content (AvgIpc) is 3.10. The number of aromatic nitrogens is 1. The molecule has 0 spiro atoms. The molecule has 0 unspecified atom stereocenters. The van der Waals surface area contributed by atoms with E-state index in [2.05, 4.69) is 42.6 Å². The Kier molecular flexibility index (Phi) is 5.08. The second-order valence-electron chi connectivity index (χ2n) is 6.56. The van der Waals surface area contributed by atoms with Crippen molar-refractivity contribution in [1.29, 1.82) is 0 Å². The van der Waals surface area contributed by atoms with Crippen LogP contribution in [0.3, 0.4) is 0 Å². The first-order valence-corrected chi connectivity index (χ1v) is 10.0. The Hall–Kier alpha value is -3.18. The highest BCUT2D eigenvalue weighted by Gasteiger charge is 2.16. The van der Waals surface area contributed by atoms with E-state index in [9.17, 15) is 9.90 Å². The minimum Gasteiger partial charge on any atom is -0.481 e. The van der Waals surface area contributed by atoms with Gasteiger partial charge in [0.1, 0.15) is 0 Å². The van der Waals surface area contributed by atoms with E-state index in [1.54, 1.807) is 0 Å². The number of benzene rings is 3. The highest BCUT2D eigenvalue weighted by molar-refractivity contribution is 7.16. The fourth-order valence-electron chi connectivity index (χ4n) is 3.24. The quantitative estimate of drug-likeness (QED) is 0.432. The maximum absolute atomic E-state index is 11.4. The molecule has 0 aliphatic heterocycles. The number of nitrogens with one attached hydrogen (secondary N) is 1. The second-order valence-corrected chi connectivity index (χ2v) is 7.65. The first-order valence-electron chi connectivity index (χ1n) is 9.19. The monoisotopic (exact) mass is 388 g/mol. The molecule has 0 aliphatic carbocycles. The molecule has 0 amide bonds. The van der Waals surface area contributed by atoms with Crippen molar-refractivity contribution < 1.29 is 9.90 Å². The minimum atomic E-state index is -0.855. The Morgan fingerprint density at radius 3 is 2.54 bits per heavy atom. The van der Waals surface area contributed by atoms with Crippen LogP contribution >= 0.6 is 11.3 Å². The Morgan fingerprint density at radius 2 is 1.79 bits per heavy atom. The van der Waals surface area contributed by atoms with Crippen molar-refractivity contribution in [2.24, 2.45) is 0 Å². The predicted molar refractivity (Wildman–Crippen MR) is 115 cm³/mol. The van der Waals surface area contributed by atoms with Crippen LogP contribution in [-0.2, 0) is 17.6 Å². The molecule has 140 valence electrons. The summed E-state index contributed by atoms with van der Waals surface area (Å²) in [7, 11) is 0. The summed E-state index contributed by atoms with van der Waals surface area (Å²) >= 11 is 1.39. The zero-order valence-electron chi connectivity index (χ0n) is 15.5. The molecule has 0 bridgehead atoms. The first kappa shape index (κ1) is 18.2. The summed E-state index contributed by atoms with van der Waals surface area (Å²) in [6.45, 7) is 2.11. The van der Waals surface area contributed by atoms with Crippen molar-refractivity contribution in [2.45, 2.75) is 19.8 Å². The molecule has 5 heteroatoms. The number of anilines is 2. The van der Waals surface area contributed by atoms with Gasteiger partial charge in [0.15, 0.2) is 5.13 Å². The van der Waals surface area contributed by atoms with E-state index in [4.69, 9.17) is 4.98 Å². The van der Waals surface area contributed by atoms with Gasteiger partial charge in [-0.15, -0.1) is 11.3 Å². The Labute approximate surface area is 167 Å². The minimum absolute atomic E-state index is 0.0419. The summed E-state index contributed by atoms with van der Waals surface area (Å²) in [5.74, 6) is -0.855. The first-order chi connectivity index (χ1) is 13.6. The molecule has 0 fully saturated rings. The van der Waals surface area contributed by atoms with Gasteiger partial charge < -0.3 is 10.4 Å². The molecule has 0 saturated heterocycles. The van der Waals surface area contributed by atoms with Crippen molar-refractivity contribution in [3.8, 4) is 11.3 Å². The molecular weight excluding hydrogens is 368 g/mol. The lowest BCUT2D eigenvalue weighted by Gasteiger charge is -2.07. The molecule has 0 saturated carbocycles. The van der Waals surface area contributed by atoms with Gasteiger partial charge in [-0.1, -0.05) is 67.6 Å². The number of nitrogens with zero attached hydrogens (tertiary/aromatic N) is 1. The number of aliphatic carboxylic acids is 1. The van der Waals surface area contributed by atoms with E-state index >= 15 is 0 Å². The highest BCUT2D eigenvalue weighted by atomic mass is 32.1. The molecular formula is C23H20N2O2S. The number of carbonyl (C=O) groups is 1. The third-order valence-electron chi connectivity index (χ3n) is 4.68. The molecule has 2 N–H and O–H groups in total. The average molecular weight is 388 g/mol. The summed E-state index contributed by atoms with van der Waals surface area (Å²) in [6.07, 6.45) is 0.924. The number of hydrogen-bond donors (Lipinski definition) is 2.